The lowest BCUT2D eigenvalue weighted by atomic mass is 10.1. The highest BCUT2D eigenvalue weighted by atomic mass is 35.5. The van der Waals surface area contributed by atoms with E-state index in [9.17, 15) is 0 Å². The smallest absolute Gasteiger partial charge is 0.0545 e. The molecule has 0 aromatic heterocycles. The van der Waals surface area contributed by atoms with Crippen LogP contribution < -0.4 is 5.73 Å². The average molecular weight is 216 g/mol. The van der Waals surface area contributed by atoms with Crippen LogP contribution in [0.25, 0.3) is 0 Å². The summed E-state index contributed by atoms with van der Waals surface area (Å²) in [5.74, 6) is 1.04. The Morgan fingerprint density at radius 2 is 2.23 bits per heavy atom. The Labute approximate surface area is 88.7 Å². The van der Waals surface area contributed by atoms with Crippen molar-refractivity contribution in [3.8, 4) is 0 Å². The van der Waals surface area contributed by atoms with Gasteiger partial charge in [0.1, 0.15) is 0 Å². The van der Waals surface area contributed by atoms with Gasteiger partial charge in [0, 0.05) is 10.9 Å². The predicted molar refractivity (Wildman–Crippen MR) is 60.5 cm³/mol. The van der Waals surface area contributed by atoms with Crippen LogP contribution in [0.3, 0.4) is 0 Å². The molecule has 0 unspecified atom stereocenters. The van der Waals surface area contributed by atoms with E-state index in [0.29, 0.717) is 0 Å². The lowest BCUT2D eigenvalue weighted by molar-refractivity contribution is 0.817. The van der Waals surface area contributed by atoms with Gasteiger partial charge < -0.3 is 5.73 Å². The first-order valence-electron chi connectivity index (χ1n) is 4.33. The third-order valence-corrected chi connectivity index (χ3v) is 3.16. The van der Waals surface area contributed by atoms with E-state index in [1.54, 1.807) is 11.8 Å². The second-order valence-corrected chi connectivity index (χ2v) is 4.62. The van der Waals surface area contributed by atoms with E-state index >= 15 is 0 Å². The molecule has 3 heteroatoms. The molecule has 1 nitrogen and oxygen atoms in total. The molecule has 72 valence electrons. The predicted octanol–water partition coefficient (Wildman–Crippen LogP) is 3.47. The molecule has 0 heterocycles. The normalized spacial score (nSPS) is 12.9. The van der Waals surface area contributed by atoms with Crippen molar-refractivity contribution in [3.05, 3.63) is 28.8 Å². The number of benzene rings is 1. The van der Waals surface area contributed by atoms with E-state index in [4.69, 9.17) is 17.3 Å². The Bertz CT molecular complexity index is 286. The van der Waals surface area contributed by atoms with Gasteiger partial charge in [0.15, 0.2) is 0 Å². The molecule has 0 saturated heterocycles. The lowest BCUT2D eigenvalue weighted by Gasteiger charge is -2.08. The first-order chi connectivity index (χ1) is 6.15. The van der Waals surface area contributed by atoms with Crippen LogP contribution in [0.5, 0.6) is 0 Å². The summed E-state index contributed by atoms with van der Waals surface area (Å²) in [5, 5.41) is 0.807. The van der Waals surface area contributed by atoms with Gasteiger partial charge in [-0.1, -0.05) is 24.6 Å². The van der Waals surface area contributed by atoms with E-state index in [-0.39, 0.29) is 6.04 Å². The molecule has 0 saturated carbocycles. The maximum Gasteiger partial charge on any atom is 0.0545 e. The van der Waals surface area contributed by atoms with Gasteiger partial charge in [-0.25, -0.2) is 0 Å². The molecule has 0 aliphatic heterocycles. The number of rotatable bonds is 3. The van der Waals surface area contributed by atoms with Gasteiger partial charge in [0.25, 0.3) is 0 Å². The zero-order chi connectivity index (χ0) is 9.84. The monoisotopic (exact) mass is 215 g/mol. The van der Waals surface area contributed by atoms with Crippen LogP contribution in [0.4, 0.5) is 0 Å². The van der Waals surface area contributed by atoms with Gasteiger partial charge in [-0.2, -0.15) is 0 Å². The maximum atomic E-state index is 6.08. The minimum atomic E-state index is 0.0539. The molecule has 0 bridgehead atoms. The first-order valence-corrected chi connectivity index (χ1v) is 5.69. The topological polar surface area (TPSA) is 26.0 Å². The van der Waals surface area contributed by atoms with Crippen LogP contribution in [0, 0.1) is 0 Å². The van der Waals surface area contributed by atoms with Gasteiger partial charge in [0.05, 0.1) is 5.02 Å². The molecule has 13 heavy (non-hydrogen) atoms. The summed E-state index contributed by atoms with van der Waals surface area (Å²) in [7, 11) is 0. The molecule has 1 aromatic carbocycles. The summed E-state index contributed by atoms with van der Waals surface area (Å²) in [6.45, 7) is 4.07. The minimum absolute atomic E-state index is 0.0539. The Balaban J connectivity index is 2.92. The largest absolute Gasteiger partial charge is 0.324 e. The summed E-state index contributed by atoms with van der Waals surface area (Å²) in [4.78, 5) is 1.13. The van der Waals surface area contributed by atoms with E-state index in [1.807, 2.05) is 25.1 Å². The molecule has 0 aliphatic carbocycles. The summed E-state index contributed by atoms with van der Waals surface area (Å²) >= 11 is 7.83. The fourth-order valence-corrected chi connectivity index (χ4v) is 2.10. The molecule has 0 amide bonds. The molecule has 1 aromatic rings. The van der Waals surface area contributed by atoms with Crippen molar-refractivity contribution in [3.63, 3.8) is 0 Å². The quantitative estimate of drug-likeness (QED) is 0.782. The maximum absolute atomic E-state index is 6.08. The highest BCUT2D eigenvalue weighted by Gasteiger charge is 2.04. The van der Waals surface area contributed by atoms with E-state index < -0.39 is 0 Å². The van der Waals surface area contributed by atoms with Gasteiger partial charge >= 0.3 is 0 Å². The molecule has 1 atom stereocenters. The Hall–Kier alpha value is -0.180. The van der Waals surface area contributed by atoms with Crippen molar-refractivity contribution in [1.82, 2.24) is 0 Å². The fourth-order valence-electron chi connectivity index (χ4n) is 1.07. The van der Waals surface area contributed by atoms with Crippen LogP contribution in [0.1, 0.15) is 25.5 Å². The second-order valence-electron chi connectivity index (χ2n) is 2.91. The van der Waals surface area contributed by atoms with Crippen LogP contribution in [0.2, 0.25) is 5.02 Å². The van der Waals surface area contributed by atoms with Crippen molar-refractivity contribution >= 4 is 23.4 Å². The van der Waals surface area contributed by atoms with Gasteiger partial charge in [-0.15, -0.1) is 11.8 Å². The van der Waals surface area contributed by atoms with E-state index in [0.717, 1.165) is 21.2 Å². The number of thioether (sulfide) groups is 1. The summed E-state index contributed by atoms with van der Waals surface area (Å²) in [6, 6.07) is 6.08. The second kappa shape index (κ2) is 4.89. The van der Waals surface area contributed by atoms with Gasteiger partial charge in [-0.3, -0.25) is 0 Å². The van der Waals surface area contributed by atoms with Gasteiger partial charge in [0.2, 0.25) is 0 Å². The standard InChI is InChI=1S/C10H14ClNS/c1-3-13-10-5-4-8(7(2)12)6-9(10)11/h4-7H,3,12H2,1-2H3/t7-/m1/s1. The lowest BCUT2D eigenvalue weighted by Crippen LogP contribution is -2.04. The van der Waals surface area contributed by atoms with Crippen molar-refractivity contribution in [2.75, 3.05) is 5.75 Å². The number of nitrogens with two attached hydrogens (primary N) is 1. The third kappa shape index (κ3) is 2.90. The molecule has 0 radical (unpaired) electrons. The summed E-state index contributed by atoms with van der Waals surface area (Å²) in [6.07, 6.45) is 0. The summed E-state index contributed by atoms with van der Waals surface area (Å²) in [5.41, 5.74) is 6.83. The highest BCUT2D eigenvalue weighted by Crippen LogP contribution is 2.28. The molecule has 2 N–H and O–H groups in total. The molecule has 0 aliphatic rings. The Kier molecular flexibility index (Phi) is 4.10. The molecule has 0 spiro atoms. The fraction of sp³-hybridized carbons (Fsp3) is 0.400. The van der Waals surface area contributed by atoms with Crippen molar-refractivity contribution in [1.29, 1.82) is 0 Å². The molecular formula is C10H14ClNS. The number of halogens is 1. The van der Waals surface area contributed by atoms with Crippen LogP contribution >= 0.6 is 23.4 Å². The third-order valence-electron chi connectivity index (χ3n) is 1.78. The summed E-state index contributed by atoms with van der Waals surface area (Å²) < 4.78 is 0. The molecule has 1 rings (SSSR count). The van der Waals surface area contributed by atoms with Crippen LogP contribution in [-0.2, 0) is 0 Å². The van der Waals surface area contributed by atoms with Crippen molar-refractivity contribution < 1.29 is 0 Å². The molecular weight excluding hydrogens is 202 g/mol. The van der Waals surface area contributed by atoms with Crippen molar-refractivity contribution in [2.45, 2.75) is 24.8 Å². The Morgan fingerprint density at radius 1 is 1.54 bits per heavy atom. The van der Waals surface area contributed by atoms with E-state index in [2.05, 4.69) is 6.92 Å². The number of hydrogen-bond acceptors (Lipinski definition) is 2. The number of hydrogen-bond donors (Lipinski definition) is 1. The molecule has 0 fully saturated rings. The minimum Gasteiger partial charge on any atom is -0.324 e. The van der Waals surface area contributed by atoms with Crippen molar-refractivity contribution in [2.24, 2.45) is 5.73 Å². The highest BCUT2D eigenvalue weighted by molar-refractivity contribution is 7.99. The van der Waals surface area contributed by atoms with E-state index in [1.165, 1.54) is 0 Å². The zero-order valence-corrected chi connectivity index (χ0v) is 9.45. The Morgan fingerprint density at radius 3 is 2.69 bits per heavy atom. The van der Waals surface area contributed by atoms with Gasteiger partial charge in [-0.05, 0) is 30.4 Å². The van der Waals surface area contributed by atoms with Crippen LogP contribution in [-0.4, -0.2) is 5.75 Å². The first kappa shape index (κ1) is 10.9. The SMILES string of the molecule is CCSc1ccc([C@@H](C)N)cc1Cl. The zero-order valence-electron chi connectivity index (χ0n) is 7.88. The van der Waals surface area contributed by atoms with Crippen LogP contribution in [0.15, 0.2) is 23.1 Å². The average Bonchev–Trinajstić information content (AvgIpc) is 2.08.